The van der Waals surface area contributed by atoms with Gasteiger partial charge < -0.3 is 15.2 Å². The van der Waals surface area contributed by atoms with Crippen molar-refractivity contribution in [3.63, 3.8) is 0 Å². The summed E-state index contributed by atoms with van der Waals surface area (Å²) >= 11 is 8.05. The molecule has 0 aliphatic carbocycles. The molecular formula is C24H19ClINO4. The van der Waals surface area contributed by atoms with Gasteiger partial charge in [-0.05, 0) is 82.6 Å². The zero-order chi connectivity index (χ0) is 22.2. The second-order valence-corrected chi connectivity index (χ2v) is 8.24. The number of aryl methyl sites for hydroxylation is 1. The predicted molar refractivity (Wildman–Crippen MR) is 129 cm³/mol. The van der Waals surface area contributed by atoms with Gasteiger partial charge in [-0.2, -0.15) is 0 Å². The van der Waals surface area contributed by atoms with Crippen molar-refractivity contribution in [1.29, 1.82) is 0 Å². The molecule has 0 saturated carbocycles. The summed E-state index contributed by atoms with van der Waals surface area (Å²) in [5, 5.41) is 12.6. The number of benzene rings is 3. The minimum atomic E-state index is -1.21. The maximum Gasteiger partial charge on any atom is 0.352 e. The number of carbonyl (C=O) groups is 2. The first kappa shape index (κ1) is 22.8. The van der Waals surface area contributed by atoms with E-state index in [1.54, 1.807) is 36.4 Å². The summed E-state index contributed by atoms with van der Waals surface area (Å²) in [6.07, 6.45) is 2.06. The third-order valence-electron chi connectivity index (χ3n) is 4.31. The smallest absolute Gasteiger partial charge is 0.352 e. The minimum absolute atomic E-state index is 0.161. The van der Waals surface area contributed by atoms with Crippen LogP contribution in [0, 0.1) is 3.57 Å². The van der Waals surface area contributed by atoms with Gasteiger partial charge in [0.25, 0.3) is 0 Å². The standard InChI is InChI=1S/C24H19ClINO4/c25-18-10-5-16(6-11-18)9-14-23(28)27-21(24(29)30)15-17-7-12-19(13-8-17)31-22-4-2-1-3-20(22)26/h1-8,10-13,15H,9,14H2,(H,27,28)(H,29,30). The van der Waals surface area contributed by atoms with Crippen LogP contribution in [0.5, 0.6) is 11.5 Å². The van der Waals surface area contributed by atoms with Crippen LogP contribution in [0.25, 0.3) is 6.08 Å². The second-order valence-electron chi connectivity index (χ2n) is 6.64. The number of hydrogen-bond donors (Lipinski definition) is 2. The van der Waals surface area contributed by atoms with Crippen molar-refractivity contribution in [2.75, 3.05) is 0 Å². The topological polar surface area (TPSA) is 75.6 Å². The number of ether oxygens (including phenoxy) is 1. The fourth-order valence-electron chi connectivity index (χ4n) is 2.73. The molecule has 2 N–H and O–H groups in total. The van der Waals surface area contributed by atoms with E-state index in [0.29, 0.717) is 22.8 Å². The first-order chi connectivity index (χ1) is 14.9. The molecule has 31 heavy (non-hydrogen) atoms. The highest BCUT2D eigenvalue weighted by Crippen LogP contribution is 2.26. The van der Waals surface area contributed by atoms with Gasteiger partial charge in [-0.15, -0.1) is 0 Å². The average molecular weight is 548 g/mol. The fourth-order valence-corrected chi connectivity index (χ4v) is 3.35. The Hall–Kier alpha value is -2.84. The Labute approximate surface area is 198 Å². The number of halogens is 2. The zero-order valence-corrected chi connectivity index (χ0v) is 19.3. The Morgan fingerprint density at radius 3 is 2.32 bits per heavy atom. The van der Waals surface area contributed by atoms with Crippen LogP contribution < -0.4 is 10.1 Å². The van der Waals surface area contributed by atoms with Crippen molar-refractivity contribution in [3.05, 3.63) is 98.2 Å². The molecule has 0 fully saturated rings. The van der Waals surface area contributed by atoms with E-state index >= 15 is 0 Å². The van der Waals surface area contributed by atoms with Crippen LogP contribution in [0.15, 0.2) is 78.5 Å². The summed E-state index contributed by atoms with van der Waals surface area (Å²) in [4.78, 5) is 23.8. The third kappa shape index (κ3) is 7.11. The molecule has 3 aromatic rings. The van der Waals surface area contributed by atoms with Gasteiger partial charge in [0.2, 0.25) is 5.91 Å². The Morgan fingerprint density at radius 1 is 1.00 bits per heavy atom. The molecule has 0 heterocycles. The van der Waals surface area contributed by atoms with Crippen LogP contribution in [-0.2, 0) is 16.0 Å². The molecule has 0 bridgehead atoms. The first-order valence-corrected chi connectivity index (χ1v) is 10.9. The molecule has 0 aliphatic heterocycles. The molecule has 5 nitrogen and oxygen atoms in total. The molecule has 158 valence electrons. The highest BCUT2D eigenvalue weighted by atomic mass is 127. The number of carbonyl (C=O) groups excluding carboxylic acids is 1. The van der Waals surface area contributed by atoms with Gasteiger partial charge in [0, 0.05) is 11.4 Å². The summed E-state index contributed by atoms with van der Waals surface area (Å²) in [5.74, 6) is -0.211. The highest BCUT2D eigenvalue weighted by molar-refractivity contribution is 14.1. The number of hydrogen-bond acceptors (Lipinski definition) is 3. The normalized spacial score (nSPS) is 11.1. The van der Waals surface area contributed by atoms with Gasteiger partial charge in [-0.25, -0.2) is 4.79 Å². The highest BCUT2D eigenvalue weighted by Gasteiger charge is 2.12. The maximum atomic E-state index is 12.2. The van der Waals surface area contributed by atoms with Crippen LogP contribution in [0.1, 0.15) is 17.5 Å². The number of aliphatic carboxylic acids is 1. The molecule has 0 radical (unpaired) electrons. The quantitative estimate of drug-likeness (QED) is 0.272. The summed E-state index contributed by atoms with van der Waals surface area (Å²) in [6, 6.07) is 21.8. The fraction of sp³-hybridized carbons (Fsp3) is 0.0833. The van der Waals surface area contributed by atoms with Gasteiger partial charge in [-0.1, -0.05) is 48.0 Å². The minimum Gasteiger partial charge on any atom is -0.477 e. The van der Waals surface area contributed by atoms with E-state index in [1.807, 2.05) is 36.4 Å². The molecule has 0 spiro atoms. The van der Waals surface area contributed by atoms with Crippen molar-refractivity contribution in [1.82, 2.24) is 5.32 Å². The molecule has 7 heteroatoms. The number of para-hydroxylation sites is 1. The average Bonchev–Trinajstić information content (AvgIpc) is 2.75. The lowest BCUT2D eigenvalue weighted by Gasteiger charge is -2.09. The SMILES string of the molecule is O=C(CCc1ccc(Cl)cc1)NC(=Cc1ccc(Oc2ccccc2I)cc1)C(=O)O. The van der Waals surface area contributed by atoms with E-state index in [0.717, 1.165) is 14.9 Å². The number of carboxylic acid groups (broad SMARTS) is 1. The monoisotopic (exact) mass is 547 g/mol. The zero-order valence-electron chi connectivity index (χ0n) is 16.3. The first-order valence-electron chi connectivity index (χ1n) is 9.42. The lowest BCUT2D eigenvalue weighted by Crippen LogP contribution is -2.27. The van der Waals surface area contributed by atoms with Gasteiger partial charge in [0.1, 0.15) is 17.2 Å². The van der Waals surface area contributed by atoms with Crippen molar-refractivity contribution >= 4 is 52.1 Å². The van der Waals surface area contributed by atoms with E-state index in [1.165, 1.54) is 6.08 Å². The van der Waals surface area contributed by atoms with Crippen LogP contribution in [0.3, 0.4) is 0 Å². The van der Waals surface area contributed by atoms with E-state index in [9.17, 15) is 14.7 Å². The van der Waals surface area contributed by atoms with Gasteiger partial charge in [0.05, 0.1) is 3.57 Å². The number of amides is 1. The van der Waals surface area contributed by atoms with Crippen LogP contribution >= 0.6 is 34.2 Å². The van der Waals surface area contributed by atoms with Gasteiger partial charge >= 0.3 is 5.97 Å². The van der Waals surface area contributed by atoms with Crippen LogP contribution in [-0.4, -0.2) is 17.0 Å². The Kier molecular flexibility index (Phi) is 8.08. The number of rotatable bonds is 8. The lowest BCUT2D eigenvalue weighted by atomic mass is 10.1. The molecule has 0 unspecified atom stereocenters. The Bertz CT molecular complexity index is 1100. The van der Waals surface area contributed by atoms with Gasteiger partial charge in [0.15, 0.2) is 0 Å². The lowest BCUT2D eigenvalue weighted by molar-refractivity contribution is -0.134. The van der Waals surface area contributed by atoms with Crippen LogP contribution in [0.4, 0.5) is 0 Å². The number of carboxylic acids is 1. The summed E-state index contributed by atoms with van der Waals surface area (Å²) in [6.45, 7) is 0. The van der Waals surface area contributed by atoms with E-state index in [4.69, 9.17) is 16.3 Å². The molecule has 3 aromatic carbocycles. The molecule has 0 aliphatic rings. The number of nitrogens with one attached hydrogen (secondary N) is 1. The largest absolute Gasteiger partial charge is 0.477 e. The van der Waals surface area contributed by atoms with Crippen molar-refractivity contribution in [2.24, 2.45) is 0 Å². The Morgan fingerprint density at radius 2 is 1.68 bits per heavy atom. The van der Waals surface area contributed by atoms with Crippen LogP contribution in [0.2, 0.25) is 5.02 Å². The summed E-state index contributed by atoms with van der Waals surface area (Å²) < 4.78 is 6.82. The van der Waals surface area contributed by atoms with Gasteiger partial charge in [-0.3, -0.25) is 4.79 Å². The summed E-state index contributed by atoms with van der Waals surface area (Å²) in [5.41, 5.74) is 1.39. The predicted octanol–water partition coefficient (Wildman–Crippen LogP) is 5.91. The maximum absolute atomic E-state index is 12.2. The molecule has 3 rings (SSSR count). The third-order valence-corrected chi connectivity index (χ3v) is 5.46. The summed E-state index contributed by atoms with van der Waals surface area (Å²) in [7, 11) is 0. The molecule has 0 aromatic heterocycles. The van der Waals surface area contributed by atoms with Crippen molar-refractivity contribution in [2.45, 2.75) is 12.8 Å². The van der Waals surface area contributed by atoms with E-state index in [-0.39, 0.29) is 18.0 Å². The molecular weight excluding hydrogens is 529 g/mol. The molecule has 0 saturated heterocycles. The molecule has 1 amide bonds. The molecule has 0 atom stereocenters. The Balaban J connectivity index is 1.63. The van der Waals surface area contributed by atoms with Crippen molar-refractivity contribution in [3.8, 4) is 11.5 Å². The van der Waals surface area contributed by atoms with E-state index in [2.05, 4.69) is 27.9 Å². The second kappa shape index (κ2) is 11.0. The van der Waals surface area contributed by atoms with E-state index < -0.39 is 5.97 Å². The van der Waals surface area contributed by atoms with Crippen molar-refractivity contribution < 1.29 is 19.4 Å².